The van der Waals surface area contributed by atoms with Crippen LogP contribution in [0, 0.1) is 17.0 Å². The number of benzene rings is 3. The zero-order valence-corrected chi connectivity index (χ0v) is 15.3. The Morgan fingerprint density at radius 3 is 2.30 bits per heavy atom. The molecule has 0 aliphatic carbocycles. The van der Waals surface area contributed by atoms with Gasteiger partial charge >= 0.3 is 0 Å². The number of halogens is 1. The number of amides is 1. The second-order valence-electron chi connectivity index (χ2n) is 6.15. The first-order valence-corrected chi connectivity index (χ1v) is 8.70. The van der Waals surface area contributed by atoms with Crippen LogP contribution in [0.1, 0.15) is 33.1 Å². The SMILES string of the molecule is Cc1ccc([C@H](NC(=O)c2ccc([N+](=O)[O-])cc2)c2ccccc2)c(Cl)c1. The Hall–Kier alpha value is -3.18. The van der Waals surface area contributed by atoms with Crippen LogP contribution in [-0.2, 0) is 0 Å². The topological polar surface area (TPSA) is 72.2 Å². The van der Waals surface area contributed by atoms with Gasteiger partial charge in [0.2, 0.25) is 0 Å². The number of nitro benzene ring substituents is 1. The second kappa shape index (κ2) is 8.01. The molecule has 0 bridgehead atoms. The van der Waals surface area contributed by atoms with Crippen LogP contribution in [0.4, 0.5) is 5.69 Å². The van der Waals surface area contributed by atoms with E-state index in [1.54, 1.807) is 0 Å². The van der Waals surface area contributed by atoms with Crippen LogP contribution in [0.2, 0.25) is 5.02 Å². The fourth-order valence-electron chi connectivity index (χ4n) is 2.80. The van der Waals surface area contributed by atoms with Gasteiger partial charge in [0.1, 0.15) is 0 Å². The van der Waals surface area contributed by atoms with Crippen molar-refractivity contribution in [3.63, 3.8) is 0 Å². The molecule has 1 amide bonds. The summed E-state index contributed by atoms with van der Waals surface area (Å²) >= 11 is 6.43. The zero-order valence-electron chi connectivity index (χ0n) is 14.6. The van der Waals surface area contributed by atoms with Crippen LogP contribution in [0.3, 0.4) is 0 Å². The highest BCUT2D eigenvalue weighted by Gasteiger charge is 2.20. The van der Waals surface area contributed by atoms with Gasteiger partial charge in [0.15, 0.2) is 0 Å². The lowest BCUT2D eigenvalue weighted by Gasteiger charge is -2.21. The number of aryl methyl sites for hydroxylation is 1. The summed E-state index contributed by atoms with van der Waals surface area (Å²) in [6.45, 7) is 1.95. The number of hydrogen-bond donors (Lipinski definition) is 1. The molecule has 0 saturated heterocycles. The molecule has 0 aromatic heterocycles. The Kier molecular flexibility index (Phi) is 5.52. The smallest absolute Gasteiger partial charge is 0.269 e. The molecule has 0 radical (unpaired) electrons. The highest BCUT2D eigenvalue weighted by molar-refractivity contribution is 6.31. The van der Waals surface area contributed by atoms with Crippen LogP contribution >= 0.6 is 11.6 Å². The molecule has 1 atom stereocenters. The van der Waals surface area contributed by atoms with Crippen LogP contribution < -0.4 is 5.32 Å². The van der Waals surface area contributed by atoms with Crippen LogP contribution in [0.5, 0.6) is 0 Å². The van der Waals surface area contributed by atoms with Crippen LogP contribution in [0.15, 0.2) is 72.8 Å². The number of nitrogens with zero attached hydrogens (tertiary/aromatic N) is 1. The predicted octanol–water partition coefficient (Wildman–Crippen LogP) is 5.08. The molecule has 1 N–H and O–H groups in total. The Morgan fingerprint density at radius 1 is 1.04 bits per heavy atom. The summed E-state index contributed by atoms with van der Waals surface area (Å²) < 4.78 is 0. The molecule has 27 heavy (non-hydrogen) atoms. The number of hydrogen-bond acceptors (Lipinski definition) is 3. The lowest BCUT2D eigenvalue weighted by Crippen LogP contribution is -2.29. The normalized spacial score (nSPS) is 11.6. The number of carbonyl (C=O) groups excluding carboxylic acids is 1. The third-order valence-electron chi connectivity index (χ3n) is 4.22. The first-order chi connectivity index (χ1) is 13.0. The van der Waals surface area contributed by atoms with Gasteiger partial charge in [-0.25, -0.2) is 0 Å². The summed E-state index contributed by atoms with van der Waals surface area (Å²) in [6.07, 6.45) is 0. The third-order valence-corrected chi connectivity index (χ3v) is 4.54. The summed E-state index contributed by atoms with van der Waals surface area (Å²) in [5, 5.41) is 14.3. The molecule has 0 unspecified atom stereocenters. The van der Waals surface area contributed by atoms with E-state index in [0.717, 1.165) is 16.7 Å². The van der Waals surface area contributed by atoms with Gasteiger partial charge in [-0.05, 0) is 41.8 Å². The van der Waals surface area contributed by atoms with Crippen molar-refractivity contribution in [3.05, 3.63) is 110 Å². The van der Waals surface area contributed by atoms with Gasteiger partial charge in [0.25, 0.3) is 11.6 Å². The summed E-state index contributed by atoms with van der Waals surface area (Å²) in [6, 6.07) is 20.2. The summed E-state index contributed by atoms with van der Waals surface area (Å²) in [5.74, 6) is -0.338. The van der Waals surface area contributed by atoms with Crippen molar-refractivity contribution >= 4 is 23.2 Å². The van der Waals surface area contributed by atoms with Crippen LogP contribution in [0.25, 0.3) is 0 Å². The van der Waals surface area contributed by atoms with E-state index in [2.05, 4.69) is 5.32 Å². The molecule has 5 nitrogen and oxygen atoms in total. The monoisotopic (exact) mass is 380 g/mol. The fourth-order valence-corrected chi connectivity index (χ4v) is 3.15. The maximum atomic E-state index is 12.7. The Bertz CT molecular complexity index is 972. The van der Waals surface area contributed by atoms with Gasteiger partial charge in [-0.3, -0.25) is 14.9 Å². The van der Waals surface area contributed by atoms with Crippen molar-refractivity contribution in [2.75, 3.05) is 0 Å². The van der Waals surface area contributed by atoms with E-state index in [-0.39, 0.29) is 11.6 Å². The number of non-ortho nitro benzene ring substituents is 1. The zero-order chi connectivity index (χ0) is 19.4. The summed E-state index contributed by atoms with van der Waals surface area (Å²) in [4.78, 5) is 23.0. The number of rotatable bonds is 5. The maximum absolute atomic E-state index is 12.7. The van der Waals surface area contributed by atoms with E-state index < -0.39 is 11.0 Å². The molecule has 0 aliphatic rings. The van der Waals surface area contributed by atoms with Gasteiger partial charge in [-0.1, -0.05) is 54.1 Å². The standard InChI is InChI=1S/C21H17ClN2O3/c1-14-7-12-18(19(22)13-14)20(15-5-3-2-4-6-15)23-21(25)16-8-10-17(11-9-16)24(26)27/h2-13,20H,1H3,(H,23,25)/t20-/m1/s1. The van der Waals surface area contributed by atoms with Crippen molar-refractivity contribution in [3.8, 4) is 0 Å². The minimum absolute atomic E-state index is 0.0623. The minimum atomic E-state index is -0.499. The number of nitrogens with one attached hydrogen (secondary N) is 1. The van der Waals surface area contributed by atoms with E-state index in [1.807, 2.05) is 55.5 Å². The van der Waals surface area contributed by atoms with Gasteiger partial charge in [0.05, 0.1) is 11.0 Å². The lowest BCUT2D eigenvalue weighted by molar-refractivity contribution is -0.384. The lowest BCUT2D eigenvalue weighted by atomic mass is 9.97. The molecule has 0 spiro atoms. The Morgan fingerprint density at radius 2 is 1.70 bits per heavy atom. The molecule has 3 aromatic carbocycles. The molecule has 3 rings (SSSR count). The average Bonchev–Trinajstić information content (AvgIpc) is 2.67. The van der Waals surface area contributed by atoms with Gasteiger partial charge in [0, 0.05) is 22.7 Å². The maximum Gasteiger partial charge on any atom is 0.269 e. The Balaban J connectivity index is 1.94. The van der Waals surface area contributed by atoms with E-state index in [0.29, 0.717) is 10.6 Å². The quantitative estimate of drug-likeness (QED) is 0.495. The molecular weight excluding hydrogens is 364 g/mol. The molecule has 136 valence electrons. The second-order valence-corrected chi connectivity index (χ2v) is 6.55. The summed E-state index contributed by atoms with van der Waals surface area (Å²) in [7, 11) is 0. The first kappa shape index (κ1) is 18.6. The van der Waals surface area contributed by atoms with Gasteiger partial charge in [-0.2, -0.15) is 0 Å². The van der Waals surface area contributed by atoms with Crippen molar-refractivity contribution in [1.82, 2.24) is 5.32 Å². The molecule has 6 heteroatoms. The van der Waals surface area contributed by atoms with E-state index in [9.17, 15) is 14.9 Å². The molecule has 0 fully saturated rings. The first-order valence-electron chi connectivity index (χ1n) is 8.32. The highest BCUT2D eigenvalue weighted by atomic mass is 35.5. The van der Waals surface area contributed by atoms with Crippen LogP contribution in [-0.4, -0.2) is 10.8 Å². The van der Waals surface area contributed by atoms with E-state index in [4.69, 9.17) is 11.6 Å². The molecule has 0 saturated carbocycles. The van der Waals surface area contributed by atoms with Gasteiger partial charge in [-0.15, -0.1) is 0 Å². The van der Waals surface area contributed by atoms with E-state index >= 15 is 0 Å². The molecule has 0 aliphatic heterocycles. The van der Waals surface area contributed by atoms with Crippen molar-refractivity contribution < 1.29 is 9.72 Å². The largest absolute Gasteiger partial charge is 0.341 e. The van der Waals surface area contributed by atoms with Gasteiger partial charge < -0.3 is 5.32 Å². The molecule has 3 aromatic rings. The fraction of sp³-hybridized carbons (Fsp3) is 0.0952. The average molecular weight is 381 g/mol. The van der Waals surface area contributed by atoms with Crippen molar-refractivity contribution in [1.29, 1.82) is 0 Å². The van der Waals surface area contributed by atoms with Crippen molar-refractivity contribution in [2.45, 2.75) is 13.0 Å². The minimum Gasteiger partial charge on any atom is -0.341 e. The molecule has 0 heterocycles. The Labute approximate surface area is 161 Å². The highest BCUT2D eigenvalue weighted by Crippen LogP contribution is 2.29. The summed E-state index contributed by atoms with van der Waals surface area (Å²) in [5.41, 5.74) is 2.97. The van der Waals surface area contributed by atoms with E-state index in [1.165, 1.54) is 24.3 Å². The molecular formula is C21H17ClN2O3. The third kappa shape index (κ3) is 4.33. The predicted molar refractivity (Wildman–Crippen MR) is 105 cm³/mol. The number of carbonyl (C=O) groups is 1. The number of nitro groups is 1. The van der Waals surface area contributed by atoms with Crippen molar-refractivity contribution in [2.24, 2.45) is 0 Å².